The lowest BCUT2D eigenvalue weighted by molar-refractivity contribution is -0.119. The highest BCUT2D eigenvalue weighted by atomic mass is 16.7. The molecule has 0 unspecified atom stereocenters. The Morgan fingerprint density at radius 3 is 2.26 bits per heavy atom. The summed E-state index contributed by atoms with van der Waals surface area (Å²) in [4.78, 5) is 12.4. The van der Waals surface area contributed by atoms with Crippen molar-refractivity contribution in [2.24, 2.45) is 5.41 Å². The zero-order valence-corrected chi connectivity index (χ0v) is 25.5. The van der Waals surface area contributed by atoms with Gasteiger partial charge >= 0.3 is 7.12 Å². The molecule has 0 saturated carbocycles. The largest absolute Gasteiger partial charge is 0.494 e. The van der Waals surface area contributed by atoms with Gasteiger partial charge in [0.25, 0.3) is 0 Å². The molecule has 0 bridgehead atoms. The van der Waals surface area contributed by atoms with Gasteiger partial charge in [-0.2, -0.15) is 0 Å². The molecule has 5 heteroatoms. The Bertz CT molecular complexity index is 1160. The Kier molecular flexibility index (Phi) is 10.2. The fourth-order valence-corrected chi connectivity index (χ4v) is 4.74. The van der Waals surface area contributed by atoms with Gasteiger partial charge in [0, 0.05) is 0 Å². The van der Waals surface area contributed by atoms with E-state index in [0.29, 0.717) is 12.0 Å². The molecule has 0 radical (unpaired) electrons. The minimum absolute atomic E-state index is 0.0473. The minimum atomic E-state index is -0.381. The fourth-order valence-electron chi connectivity index (χ4n) is 4.74. The van der Waals surface area contributed by atoms with Crippen LogP contribution in [0.15, 0.2) is 83.0 Å². The van der Waals surface area contributed by atoms with Crippen molar-refractivity contribution in [1.82, 2.24) is 0 Å². The van der Waals surface area contributed by atoms with Gasteiger partial charge in [-0.3, -0.25) is 4.79 Å². The lowest BCUT2D eigenvalue weighted by Gasteiger charge is -2.32. The van der Waals surface area contributed by atoms with Gasteiger partial charge < -0.3 is 14.0 Å². The molecule has 1 aliphatic heterocycles. The maximum Gasteiger partial charge on any atom is 0.494 e. The van der Waals surface area contributed by atoms with Crippen molar-refractivity contribution in [3.8, 4) is 0 Å². The molecule has 4 nitrogen and oxygen atoms in total. The number of allylic oxidation sites excluding steroid dienone is 9. The van der Waals surface area contributed by atoms with E-state index in [1.54, 1.807) is 6.08 Å². The summed E-state index contributed by atoms with van der Waals surface area (Å²) in [7, 11) is -0.381. The minimum Gasteiger partial charge on any atom is -0.399 e. The Balaban J connectivity index is 1.44. The summed E-state index contributed by atoms with van der Waals surface area (Å²) < 4.78 is 17.9. The molecule has 0 amide bonds. The quantitative estimate of drug-likeness (QED) is 0.178. The van der Waals surface area contributed by atoms with E-state index in [9.17, 15) is 4.79 Å². The molecule has 0 aromatic heterocycles. The smallest absolute Gasteiger partial charge is 0.399 e. The normalized spacial score (nSPS) is 21.4. The SMILES string of the molecule is CC1=C(/C=C/C(C)=C\C=C\C(C)=C\C(=O)COCc2ccc(B3OC(C)(C)C(C)(C)O3)cc2)CCCC1(C)C. The van der Waals surface area contributed by atoms with Gasteiger partial charge in [-0.1, -0.05) is 79.6 Å². The van der Waals surface area contributed by atoms with Crippen molar-refractivity contribution in [2.75, 3.05) is 6.61 Å². The number of carbonyl (C=O) groups excluding carboxylic acids is 1. The highest BCUT2D eigenvalue weighted by Crippen LogP contribution is 2.40. The number of hydrogen-bond acceptors (Lipinski definition) is 4. The van der Waals surface area contributed by atoms with Crippen molar-refractivity contribution in [3.05, 3.63) is 88.6 Å². The molecule has 0 atom stereocenters. The maximum atomic E-state index is 12.4. The molecule has 210 valence electrons. The fraction of sp³-hybridized carbons (Fsp3) is 0.500. The van der Waals surface area contributed by atoms with Crippen LogP contribution in [-0.2, 0) is 25.4 Å². The van der Waals surface area contributed by atoms with Crippen molar-refractivity contribution in [3.63, 3.8) is 0 Å². The lowest BCUT2D eigenvalue weighted by Crippen LogP contribution is -2.41. The first kappa shape index (κ1) is 31.1. The number of hydrogen-bond donors (Lipinski definition) is 0. The molecule has 1 saturated heterocycles. The molecule has 0 spiro atoms. The van der Waals surface area contributed by atoms with Crippen LogP contribution >= 0.6 is 0 Å². The summed E-state index contributed by atoms with van der Waals surface area (Å²) in [6, 6.07) is 7.97. The Morgan fingerprint density at radius 2 is 1.62 bits per heavy atom. The number of ether oxygens (including phenoxy) is 1. The van der Waals surface area contributed by atoms with Gasteiger partial charge in [0.1, 0.15) is 6.61 Å². The predicted molar refractivity (Wildman–Crippen MR) is 163 cm³/mol. The molecular weight excluding hydrogens is 483 g/mol. The molecule has 1 fully saturated rings. The second-order valence-corrected chi connectivity index (χ2v) is 12.7. The Labute approximate surface area is 237 Å². The van der Waals surface area contributed by atoms with E-state index in [0.717, 1.165) is 23.0 Å². The van der Waals surface area contributed by atoms with Crippen LogP contribution in [0.4, 0.5) is 0 Å². The third-order valence-corrected chi connectivity index (χ3v) is 8.42. The topological polar surface area (TPSA) is 44.8 Å². The van der Waals surface area contributed by atoms with E-state index in [1.807, 2.05) is 71.0 Å². The molecule has 0 N–H and O–H groups in total. The van der Waals surface area contributed by atoms with Crippen molar-refractivity contribution < 1.29 is 18.8 Å². The summed E-state index contributed by atoms with van der Waals surface area (Å²) in [6.07, 6.45) is 15.8. The van der Waals surface area contributed by atoms with Crippen LogP contribution in [-0.4, -0.2) is 30.7 Å². The molecule has 1 aromatic rings. The van der Waals surface area contributed by atoms with E-state index < -0.39 is 0 Å². The third kappa shape index (κ3) is 8.51. The molecule has 1 aliphatic carbocycles. The highest BCUT2D eigenvalue weighted by Gasteiger charge is 2.51. The van der Waals surface area contributed by atoms with Crippen LogP contribution in [0.25, 0.3) is 0 Å². The van der Waals surface area contributed by atoms with Crippen LogP contribution in [0.3, 0.4) is 0 Å². The monoisotopic (exact) mass is 530 g/mol. The van der Waals surface area contributed by atoms with Crippen molar-refractivity contribution in [1.29, 1.82) is 0 Å². The van der Waals surface area contributed by atoms with E-state index >= 15 is 0 Å². The van der Waals surface area contributed by atoms with Crippen LogP contribution in [0.5, 0.6) is 0 Å². The number of ketones is 1. The summed E-state index contributed by atoms with van der Waals surface area (Å²) in [5.41, 5.74) is 6.60. The molecular formula is C34H47BO4. The van der Waals surface area contributed by atoms with Gasteiger partial charge in [0.2, 0.25) is 0 Å². The zero-order valence-electron chi connectivity index (χ0n) is 25.5. The van der Waals surface area contributed by atoms with Crippen molar-refractivity contribution in [2.45, 2.75) is 99.4 Å². The first-order valence-electron chi connectivity index (χ1n) is 14.2. The van der Waals surface area contributed by atoms with Crippen LogP contribution < -0.4 is 5.46 Å². The first-order chi connectivity index (χ1) is 18.2. The lowest BCUT2D eigenvalue weighted by atomic mass is 9.73. The number of rotatable bonds is 10. The summed E-state index contributed by atoms with van der Waals surface area (Å²) in [5.74, 6) is -0.0473. The van der Waals surface area contributed by atoms with Crippen LogP contribution in [0.2, 0.25) is 0 Å². The molecule has 1 heterocycles. The van der Waals surface area contributed by atoms with Crippen LogP contribution in [0.1, 0.15) is 87.1 Å². The third-order valence-electron chi connectivity index (χ3n) is 8.42. The number of carbonyl (C=O) groups is 1. The first-order valence-corrected chi connectivity index (χ1v) is 14.2. The average molecular weight is 531 g/mol. The average Bonchev–Trinajstić information content (AvgIpc) is 3.07. The number of benzene rings is 1. The zero-order chi connectivity index (χ0) is 28.8. The second kappa shape index (κ2) is 12.8. The predicted octanol–water partition coefficient (Wildman–Crippen LogP) is 7.60. The molecule has 39 heavy (non-hydrogen) atoms. The molecule has 1 aromatic carbocycles. The summed E-state index contributed by atoms with van der Waals surface area (Å²) in [6.45, 7) is 19.6. The van der Waals surface area contributed by atoms with Crippen LogP contribution in [0, 0.1) is 5.41 Å². The van der Waals surface area contributed by atoms with Gasteiger partial charge in [-0.25, -0.2) is 0 Å². The summed E-state index contributed by atoms with van der Waals surface area (Å²) in [5, 5.41) is 0. The van der Waals surface area contributed by atoms with Crippen molar-refractivity contribution >= 4 is 18.4 Å². The summed E-state index contributed by atoms with van der Waals surface area (Å²) >= 11 is 0. The Hall–Kier alpha value is -2.47. The van der Waals surface area contributed by atoms with Gasteiger partial charge in [0.15, 0.2) is 5.78 Å². The maximum absolute atomic E-state index is 12.4. The van der Waals surface area contributed by atoms with Gasteiger partial charge in [-0.15, -0.1) is 0 Å². The van der Waals surface area contributed by atoms with E-state index in [4.69, 9.17) is 14.0 Å². The van der Waals surface area contributed by atoms with E-state index in [-0.39, 0.29) is 30.7 Å². The molecule has 3 rings (SSSR count). The second-order valence-electron chi connectivity index (χ2n) is 12.7. The van der Waals surface area contributed by atoms with Gasteiger partial charge in [-0.05, 0) is 101 Å². The van der Waals surface area contributed by atoms with E-state index in [1.165, 1.54) is 29.6 Å². The molecule has 2 aliphatic rings. The Morgan fingerprint density at radius 1 is 0.974 bits per heavy atom. The van der Waals surface area contributed by atoms with E-state index in [2.05, 4.69) is 45.9 Å². The highest BCUT2D eigenvalue weighted by molar-refractivity contribution is 6.62. The van der Waals surface area contributed by atoms with Gasteiger partial charge in [0.05, 0.1) is 17.8 Å². The standard InChI is InChI=1S/C34H47BO4/c1-25(15-18-29-14-11-21-32(4,5)27(29)3)12-10-13-26(2)22-31(36)24-37-23-28-16-19-30(20-17-28)35-38-33(6,7)34(8,9)39-35/h10,12-13,15-20,22H,11,14,21,23-24H2,1-9H3/b13-10+,18-15+,25-12-,26-22+.